The first-order valence-corrected chi connectivity index (χ1v) is 9.24. The van der Waals surface area contributed by atoms with Gasteiger partial charge in [-0.1, -0.05) is 22.8 Å². The second-order valence-corrected chi connectivity index (χ2v) is 7.52. The molecule has 0 radical (unpaired) electrons. The number of nitrogens with zero attached hydrogens (tertiary/aromatic N) is 2. The van der Waals surface area contributed by atoms with E-state index in [1.807, 2.05) is 0 Å². The highest BCUT2D eigenvalue weighted by Crippen LogP contribution is 2.20. The van der Waals surface area contributed by atoms with Gasteiger partial charge in [0.25, 0.3) is 0 Å². The number of aromatic nitrogens is 2. The number of rotatable bonds is 5. The van der Waals surface area contributed by atoms with Gasteiger partial charge < -0.3 is 14.6 Å². The summed E-state index contributed by atoms with van der Waals surface area (Å²) in [5.41, 5.74) is 0. The molecule has 0 bridgehead atoms. The number of halogens is 1. The first kappa shape index (κ1) is 17.3. The number of hydrogen-bond donors (Lipinski definition) is 2. The Morgan fingerprint density at radius 1 is 1.46 bits per heavy atom. The molecule has 0 saturated carbocycles. The molecule has 0 amide bonds. The number of nitrogens with one attached hydrogen (secondary N) is 2. The second-order valence-electron chi connectivity index (χ2n) is 5.37. The molecular formula is C14H17ClN4O4S. The van der Waals surface area contributed by atoms with E-state index >= 15 is 0 Å². The largest absolute Gasteiger partial charge is 0.378 e. The van der Waals surface area contributed by atoms with Gasteiger partial charge in [0.05, 0.1) is 30.2 Å². The number of ether oxygens (including phenoxy) is 1. The van der Waals surface area contributed by atoms with Crippen LogP contribution in [0.15, 0.2) is 33.7 Å². The lowest BCUT2D eigenvalue weighted by molar-refractivity contribution is 0.0734. The van der Waals surface area contributed by atoms with E-state index in [1.165, 1.54) is 12.1 Å². The Kier molecular flexibility index (Phi) is 5.16. The Labute approximate surface area is 144 Å². The van der Waals surface area contributed by atoms with Gasteiger partial charge in [0.1, 0.15) is 0 Å². The normalized spacial score (nSPS) is 20.0. The van der Waals surface area contributed by atoms with E-state index in [2.05, 4.69) is 20.2 Å². The van der Waals surface area contributed by atoms with Crippen LogP contribution >= 0.6 is 11.6 Å². The van der Waals surface area contributed by atoms with Gasteiger partial charge in [-0.3, -0.25) is 0 Å². The molecule has 1 aromatic carbocycles. The maximum atomic E-state index is 12.4. The highest BCUT2D eigenvalue weighted by Gasteiger charge is 2.25. The van der Waals surface area contributed by atoms with Crippen molar-refractivity contribution in [3.63, 3.8) is 0 Å². The van der Waals surface area contributed by atoms with Crippen LogP contribution in [0.25, 0.3) is 0 Å². The van der Waals surface area contributed by atoms with E-state index in [-0.39, 0.29) is 16.8 Å². The SMILES string of the molecule is C[C@H](NS(=O)(=O)c1cccc(Cl)c1)c1nc(C2COCCN2)no1. The van der Waals surface area contributed by atoms with Crippen molar-refractivity contribution in [3.8, 4) is 0 Å². The standard InChI is InChI=1S/C14H17ClN4O4S/c1-9(19-24(20,21)11-4-2-3-10(15)7-11)14-17-13(18-23-14)12-8-22-6-5-16-12/h2-4,7,9,12,16,19H,5-6,8H2,1H3/t9-,12?/m0/s1. The molecular weight excluding hydrogens is 356 g/mol. The van der Waals surface area contributed by atoms with Crippen LogP contribution in [-0.2, 0) is 14.8 Å². The Hall–Kier alpha value is -1.52. The lowest BCUT2D eigenvalue weighted by Crippen LogP contribution is -2.35. The molecule has 1 unspecified atom stereocenters. The zero-order valence-corrected chi connectivity index (χ0v) is 14.5. The van der Waals surface area contributed by atoms with Crippen molar-refractivity contribution in [2.45, 2.75) is 23.9 Å². The van der Waals surface area contributed by atoms with Crippen molar-refractivity contribution >= 4 is 21.6 Å². The fourth-order valence-corrected chi connectivity index (χ4v) is 3.78. The van der Waals surface area contributed by atoms with E-state index in [4.69, 9.17) is 20.9 Å². The molecule has 130 valence electrons. The van der Waals surface area contributed by atoms with Crippen LogP contribution in [0, 0.1) is 0 Å². The Morgan fingerprint density at radius 2 is 2.29 bits per heavy atom. The fourth-order valence-electron chi connectivity index (χ4n) is 2.28. The van der Waals surface area contributed by atoms with Gasteiger partial charge in [0.15, 0.2) is 5.82 Å². The summed E-state index contributed by atoms with van der Waals surface area (Å²) in [6, 6.07) is 5.17. The Bertz CT molecular complexity index is 805. The predicted octanol–water partition coefficient (Wildman–Crippen LogP) is 1.42. The molecule has 10 heteroatoms. The molecule has 0 spiro atoms. The Balaban J connectivity index is 1.72. The lowest BCUT2D eigenvalue weighted by atomic mass is 10.2. The molecule has 0 aliphatic carbocycles. The van der Waals surface area contributed by atoms with E-state index in [0.717, 1.165) is 0 Å². The van der Waals surface area contributed by atoms with Crippen molar-refractivity contribution in [1.29, 1.82) is 0 Å². The van der Waals surface area contributed by atoms with Gasteiger partial charge in [-0.25, -0.2) is 8.42 Å². The van der Waals surface area contributed by atoms with E-state index in [0.29, 0.717) is 30.6 Å². The maximum Gasteiger partial charge on any atom is 0.244 e. The van der Waals surface area contributed by atoms with Gasteiger partial charge in [0, 0.05) is 11.6 Å². The van der Waals surface area contributed by atoms with Crippen LogP contribution in [0.1, 0.15) is 30.7 Å². The van der Waals surface area contributed by atoms with Gasteiger partial charge in [-0.15, -0.1) is 0 Å². The highest BCUT2D eigenvalue weighted by molar-refractivity contribution is 7.89. The molecule has 8 nitrogen and oxygen atoms in total. The summed E-state index contributed by atoms with van der Waals surface area (Å²) in [6.45, 7) is 3.41. The average molecular weight is 373 g/mol. The minimum atomic E-state index is -3.75. The fraction of sp³-hybridized carbons (Fsp3) is 0.429. The molecule has 2 N–H and O–H groups in total. The highest BCUT2D eigenvalue weighted by atomic mass is 35.5. The monoisotopic (exact) mass is 372 g/mol. The zero-order chi connectivity index (χ0) is 17.2. The molecule has 2 aromatic rings. The van der Waals surface area contributed by atoms with Gasteiger partial charge in [0.2, 0.25) is 15.9 Å². The number of sulfonamides is 1. The third-order valence-corrected chi connectivity index (χ3v) is 5.27. The molecule has 2 heterocycles. The third-order valence-electron chi connectivity index (χ3n) is 3.50. The van der Waals surface area contributed by atoms with E-state index in [1.54, 1.807) is 19.1 Å². The van der Waals surface area contributed by atoms with Crippen molar-refractivity contribution < 1.29 is 17.7 Å². The van der Waals surface area contributed by atoms with Gasteiger partial charge in [-0.2, -0.15) is 9.71 Å². The van der Waals surface area contributed by atoms with Crippen LogP contribution in [0.4, 0.5) is 0 Å². The number of morpholine rings is 1. The van der Waals surface area contributed by atoms with Crippen molar-refractivity contribution in [2.75, 3.05) is 19.8 Å². The zero-order valence-electron chi connectivity index (χ0n) is 12.9. The smallest absolute Gasteiger partial charge is 0.244 e. The van der Waals surface area contributed by atoms with Crippen LogP contribution in [0.3, 0.4) is 0 Å². The second kappa shape index (κ2) is 7.16. The first-order valence-electron chi connectivity index (χ1n) is 7.38. The molecule has 1 fully saturated rings. The minimum Gasteiger partial charge on any atom is -0.378 e. The summed E-state index contributed by atoms with van der Waals surface area (Å²) in [4.78, 5) is 4.33. The summed E-state index contributed by atoms with van der Waals surface area (Å²) < 4.78 is 37.8. The summed E-state index contributed by atoms with van der Waals surface area (Å²) in [5, 5.41) is 7.44. The van der Waals surface area contributed by atoms with E-state index in [9.17, 15) is 8.42 Å². The number of benzene rings is 1. The van der Waals surface area contributed by atoms with Crippen LogP contribution in [-0.4, -0.2) is 38.3 Å². The minimum absolute atomic E-state index is 0.0731. The van der Waals surface area contributed by atoms with Crippen LogP contribution in [0.2, 0.25) is 5.02 Å². The molecule has 2 atom stereocenters. The lowest BCUT2D eigenvalue weighted by Gasteiger charge is -2.20. The average Bonchev–Trinajstić information content (AvgIpc) is 3.05. The first-order chi connectivity index (χ1) is 11.5. The predicted molar refractivity (Wildman–Crippen MR) is 86.0 cm³/mol. The molecule has 24 heavy (non-hydrogen) atoms. The van der Waals surface area contributed by atoms with E-state index < -0.39 is 16.1 Å². The van der Waals surface area contributed by atoms with Crippen LogP contribution < -0.4 is 10.0 Å². The van der Waals surface area contributed by atoms with Crippen molar-refractivity contribution in [2.24, 2.45) is 0 Å². The number of hydrogen-bond acceptors (Lipinski definition) is 7. The van der Waals surface area contributed by atoms with Gasteiger partial charge in [-0.05, 0) is 25.1 Å². The van der Waals surface area contributed by atoms with Crippen molar-refractivity contribution in [3.05, 3.63) is 41.0 Å². The third kappa shape index (κ3) is 3.93. The summed E-state index contributed by atoms with van der Waals surface area (Å²) in [5.74, 6) is 0.626. The van der Waals surface area contributed by atoms with Crippen LogP contribution in [0.5, 0.6) is 0 Å². The summed E-state index contributed by atoms with van der Waals surface area (Å²) in [6.07, 6.45) is 0. The topological polar surface area (TPSA) is 106 Å². The molecule has 1 aliphatic heterocycles. The molecule has 3 rings (SSSR count). The van der Waals surface area contributed by atoms with Crippen molar-refractivity contribution in [1.82, 2.24) is 20.2 Å². The maximum absolute atomic E-state index is 12.4. The molecule has 1 aromatic heterocycles. The molecule has 1 saturated heterocycles. The van der Waals surface area contributed by atoms with Gasteiger partial charge >= 0.3 is 0 Å². The quantitative estimate of drug-likeness (QED) is 0.817. The summed E-state index contributed by atoms with van der Waals surface area (Å²) >= 11 is 5.84. The molecule has 1 aliphatic rings. The Morgan fingerprint density at radius 3 is 3.00 bits per heavy atom. The summed E-state index contributed by atoms with van der Waals surface area (Å²) in [7, 11) is -3.75.